The van der Waals surface area contributed by atoms with Crippen molar-refractivity contribution in [3.63, 3.8) is 0 Å². The summed E-state index contributed by atoms with van der Waals surface area (Å²) in [5, 5.41) is 0. The largest absolute Gasteiger partial charge is 0.363 e. The molecule has 2 fully saturated rings. The van der Waals surface area contributed by atoms with Crippen LogP contribution < -0.4 is 0 Å². The van der Waals surface area contributed by atoms with E-state index in [0.717, 1.165) is 32.0 Å². The first-order valence-electron chi connectivity index (χ1n) is 8.84. The van der Waals surface area contributed by atoms with Gasteiger partial charge in [-0.1, -0.05) is 0 Å². The lowest BCUT2D eigenvalue weighted by Gasteiger charge is -2.51. The van der Waals surface area contributed by atoms with Gasteiger partial charge in [0.2, 0.25) is 0 Å². The van der Waals surface area contributed by atoms with E-state index in [4.69, 9.17) is 4.74 Å². The highest BCUT2D eigenvalue weighted by Crippen LogP contribution is 2.32. The molecule has 0 saturated carbocycles. The van der Waals surface area contributed by atoms with Crippen LogP contribution >= 0.6 is 0 Å². The molecule has 0 aromatic rings. The second-order valence-corrected chi connectivity index (χ2v) is 9.19. The van der Waals surface area contributed by atoms with Gasteiger partial charge in [-0.3, -0.25) is 9.80 Å². The smallest absolute Gasteiger partial charge is 0.0998 e. The number of hydrogen-bond acceptors (Lipinski definition) is 4. The van der Waals surface area contributed by atoms with Crippen LogP contribution in [0.25, 0.3) is 0 Å². The molecule has 2 aliphatic heterocycles. The maximum Gasteiger partial charge on any atom is 0.0998 e. The number of likely N-dealkylation sites (tertiary alicyclic amines) is 1. The van der Waals surface area contributed by atoms with E-state index in [9.17, 15) is 0 Å². The molecule has 0 aliphatic carbocycles. The molecule has 130 valence electrons. The minimum Gasteiger partial charge on any atom is -0.363 e. The molecule has 0 bridgehead atoms. The maximum absolute atomic E-state index is 6.15. The molecular weight excluding hydrogens is 274 g/mol. The van der Waals surface area contributed by atoms with E-state index >= 15 is 0 Å². The van der Waals surface area contributed by atoms with Crippen molar-refractivity contribution in [2.75, 3.05) is 47.0 Å². The fourth-order valence-corrected chi connectivity index (χ4v) is 3.72. The minimum atomic E-state index is 0.220. The Hall–Kier alpha value is -0.160. The first-order chi connectivity index (χ1) is 10.1. The predicted octanol–water partition coefficient (Wildman–Crippen LogP) is 2.50. The van der Waals surface area contributed by atoms with Crippen LogP contribution in [0.15, 0.2) is 0 Å². The molecule has 2 rings (SSSR count). The van der Waals surface area contributed by atoms with Crippen LogP contribution in [0.3, 0.4) is 0 Å². The molecule has 0 aromatic heterocycles. The summed E-state index contributed by atoms with van der Waals surface area (Å²) in [6, 6.07) is 0. The molecule has 0 radical (unpaired) electrons. The Labute approximate surface area is 137 Å². The first-order valence-corrected chi connectivity index (χ1v) is 8.84. The summed E-state index contributed by atoms with van der Waals surface area (Å²) < 4.78 is 6.15. The third kappa shape index (κ3) is 4.67. The summed E-state index contributed by atoms with van der Waals surface area (Å²) in [6.45, 7) is 17.2. The van der Waals surface area contributed by atoms with Crippen molar-refractivity contribution in [2.45, 2.75) is 64.6 Å². The normalized spacial score (nSPS) is 26.5. The van der Waals surface area contributed by atoms with Gasteiger partial charge in [-0.25, -0.2) is 0 Å². The summed E-state index contributed by atoms with van der Waals surface area (Å²) in [6.07, 6.45) is 2.73. The van der Waals surface area contributed by atoms with Crippen LogP contribution in [0.1, 0.15) is 47.5 Å². The lowest BCUT2D eigenvalue weighted by molar-refractivity contribution is -0.121. The highest BCUT2D eigenvalue weighted by molar-refractivity contribution is 4.94. The highest BCUT2D eigenvalue weighted by Gasteiger charge is 2.39. The predicted molar refractivity (Wildman–Crippen MR) is 93.1 cm³/mol. The minimum absolute atomic E-state index is 0.220. The monoisotopic (exact) mass is 311 g/mol. The Bertz CT molecular complexity index is 348. The highest BCUT2D eigenvalue weighted by atomic mass is 16.5. The van der Waals surface area contributed by atoms with Crippen molar-refractivity contribution >= 4 is 0 Å². The van der Waals surface area contributed by atoms with E-state index < -0.39 is 0 Å². The Kier molecular flexibility index (Phi) is 5.59. The Morgan fingerprint density at radius 1 is 1.05 bits per heavy atom. The first kappa shape index (κ1) is 18.2. The van der Waals surface area contributed by atoms with Gasteiger partial charge in [0.05, 0.1) is 12.8 Å². The van der Waals surface area contributed by atoms with E-state index in [0.29, 0.717) is 6.10 Å². The van der Waals surface area contributed by atoms with Crippen molar-refractivity contribution in [3.05, 3.63) is 0 Å². The van der Waals surface area contributed by atoms with Gasteiger partial charge in [-0.05, 0) is 67.5 Å². The Balaban J connectivity index is 1.75. The topological polar surface area (TPSA) is 19.0 Å². The lowest BCUT2D eigenvalue weighted by atomic mass is 9.86. The quantitative estimate of drug-likeness (QED) is 0.776. The molecule has 0 N–H and O–H groups in total. The van der Waals surface area contributed by atoms with Crippen molar-refractivity contribution in [1.82, 2.24) is 14.7 Å². The average molecular weight is 312 g/mol. The van der Waals surface area contributed by atoms with Gasteiger partial charge < -0.3 is 9.64 Å². The van der Waals surface area contributed by atoms with Gasteiger partial charge in [-0.2, -0.15) is 0 Å². The summed E-state index contributed by atoms with van der Waals surface area (Å²) in [5.74, 6) is 0.845. The zero-order chi connectivity index (χ0) is 16.5. The van der Waals surface area contributed by atoms with Crippen LogP contribution in [0.5, 0.6) is 0 Å². The summed E-state index contributed by atoms with van der Waals surface area (Å²) in [5.41, 5.74) is 0.481. The van der Waals surface area contributed by atoms with E-state index in [1.807, 2.05) is 0 Å². The van der Waals surface area contributed by atoms with Gasteiger partial charge in [0.25, 0.3) is 0 Å². The number of rotatable bonds is 5. The van der Waals surface area contributed by atoms with Gasteiger partial charge in [0, 0.05) is 37.3 Å². The molecule has 1 atom stereocenters. The maximum atomic E-state index is 6.15. The van der Waals surface area contributed by atoms with Crippen LogP contribution in [0.2, 0.25) is 0 Å². The second-order valence-electron chi connectivity index (χ2n) is 9.19. The molecule has 4 nitrogen and oxygen atoms in total. The van der Waals surface area contributed by atoms with Gasteiger partial charge in [0.15, 0.2) is 0 Å². The molecule has 4 heteroatoms. The fourth-order valence-electron chi connectivity index (χ4n) is 3.72. The van der Waals surface area contributed by atoms with Crippen LogP contribution in [-0.2, 0) is 4.74 Å². The third-order valence-corrected chi connectivity index (χ3v) is 5.30. The van der Waals surface area contributed by atoms with Crippen molar-refractivity contribution in [1.29, 1.82) is 0 Å². The summed E-state index contributed by atoms with van der Waals surface area (Å²) in [7, 11) is 4.34. The van der Waals surface area contributed by atoms with E-state index in [-0.39, 0.29) is 11.1 Å². The van der Waals surface area contributed by atoms with Crippen molar-refractivity contribution < 1.29 is 4.74 Å². The average Bonchev–Trinajstić information content (AvgIpc) is 2.31. The van der Waals surface area contributed by atoms with Crippen LogP contribution in [0.4, 0.5) is 0 Å². The molecule has 2 heterocycles. The second kappa shape index (κ2) is 6.76. The number of nitrogens with zero attached hydrogens (tertiary/aromatic N) is 3. The molecule has 2 saturated heterocycles. The molecule has 22 heavy (non-hydrogen) atoms. The van der Waals surface area contributed by atoms with Gasteiger partial charge in [-0.15, -0.1) is 0 Å². The number of ether oxygens (including phenoxy) is 1. The molecule has 0 spiro atoms. The fraction of sp³-hybridized carbons (Fsp3) is 1.00. The van der Waals surface area contributed by atoms with Gasteiger partial charge in [0.1, 0.15) is 0 Å². The zero-order valence-corrected chi connectivity index (χ0v) is 15.9. The van der Waals surface area contributed by atoms with Crippen LogP contribution in [0, 0.1) is 5.92 Å². The molecule has 0 amide bonds. The van der Waals surface area contributed by atoms with Crippen LogP contribution in [-0.4, -0.2) is 78.9 Å². The van der Waals surface area contributed by atoms with E-state index in [1.54, 1.807) is 0 Å². The molecular formula is C18H37N3O. The Morgan fingerprint density at radius 2 is 1.68 bits per heavy atom. The Morgan fingerprint density at radius 3 is 2.14 bits per heavy atom. The molecule has 2 aliphatic rings. The number of hydrogen-bond donors (Lipinski definition) is 0. The summed E-state index contributed by atoms with van der Waals surface area (Å²) in [4.78, 5) is 7.38. The summed E-state index contributed by atoms with van der Waals surface area (Å²) >= 11 is 0. The molecule has 0 aromatic carbocycles. The van der Waals surface area contributed by atoms with Gasteiger partial charge >= 0.3 is 0 Å². The van der Waals surface area contributed by atoms with Crippen molar-refractivity contribution in [3.8, 4) is 0 Å². The SMILES string of the molecule is CN(C)CC1CN(C(C)(C)CC2CCN(C(C)(C)C)CO2)C1. The molecule has 1 unspecified atom stereocenters. The van der Waals surface area contributed by atoms with Crippen molar-refractivity contribution in [2.24, 2.45) is 5.92 Å². The third-order valence-electron chi connectivity index (χ3n) is 5.30. The van der Waals surface area contributed by atoms with E-state index in [2.05, 4.69) is 63.4 Å². The standard InChI is InChI=1S/C18H37N3O/c1-17(2,3)20-9-8-16(22-14-20)10-18(4,5)21-12-15(13-21)11-19(6)7/h15-16H,8-14H2,1-7H3. The lowest BCUT2D eigenvalue weighted by Crippen LogP contribution is -2.60. The zero-order valence-electron chi connectivity index (χ0n) is 15.9. The van der Waals surface area contributed by atoms with E-state index in [1.165, 1.54) is 19.6 Å².